The topological polar surface area (TPSA) is 107 Å². The third-order valence-corrected chi connectivity index (χ3v) is 7.14. The molecule has 0 aromatic heterocycles. The summed E-state index contributed by atoms with van der Waals surface area (Å²) in [7, 11) is -3.79. The van der Waals surface area contributed by atoms with Crippen LogP contribution in [0.4, 0.5) is 5.69 Å². The molecule has 0 amide bonds. The van der Waals surface area contributed by atoms with Gasteiger partial charge < -0.3 is 4.74 Å². The number of sulfonamides is 1. The molecule has 0 bridgehead atoms. The first-order chi connectivity index (χ1) is 15.3. The minimum Gasteiger partial charge on any atom is -0.457 e. The average molecular weight is 452 g/mol. The number of carbonyl (C=O) groups excluding carboxylic acids is 1. The molecule has 0 aliphatic carbocycles. The van der Waals surface area contributed by atoms with Crippen molar-refractivity contribution in [2.75, 3.05) is 6.54 Å². The number of carbonyl (C=O) groups is 1. The van der Waals surface area contributed by atoms with Gasteiger partial charge in [0.05, 0.1) is 15.4 Å². The molecule has 0 spiro atoms. The van der Waals surface area contributed by atoms with E-state index in [1.807, 2.05) is 24.3 Å². The first kappa shape index (κ1) is 21.7. The average Bonchev–Trinajstić information content (AvgIpc) is 2.82. The van der Waals surface area contributed by atoms with Crippen LogP contribution < -0.4 is 0 Å². The van der Waals surface area contributed by atoms with E-state index in [1.54, 1.807) is 6.07 Å². The summed E-state index contributed by atoms with van der Waals surface area (Å²) < 4.78 is 33.0. The fourth-order valence-corrected chi connectivity index (χ4v) is 5.06. The van der Waals surface area contributed by atoms with Gasteiger partial charge in [-0.05, 0) is 41.3 Å². The highest BCUT2D eigenvalue weighted by Crippen LogP contribution is 2.25. The van der Waals surface area contributed by atoms with Crippen molar-refractivity contribution in [3.05, 3.63) is 105 Å². The summed E-state index contributed by atoms with van der Waals surface area (Å²) in [6, 6.07) is 19.2. The molecule has 0 saturated heterocycles. The fourth-order valence-electron chi connectivity index (χ4n) is 3.60. The maximum absolute atomic E-state index is 13.2. The van der Waals surface area contributed by atoms with Crippen LogP contribution in [0.5, 0.6) is 0 Å². The number of nitrogens with zero attached hydrogens (tertiary/aromatic N) is 2. The van der Waals surface area contributed by atoms with Gasteiger partial charge in [-0.1, -0.05) is 42.5 Å². The zero-order valence-corrected chi connectivity index (χ0v) is 17.8. The number of nitro benzene ring substituents is 1. The molecule has 0 radical (unpaired) electrons. The normalized spacial score (nSPS) is 13.9. The summed E-state index contributed by atoms with van der Waals surface area (Å²) in [5.41, 5.74) is 2.55. The SMILES string of the molecule is O=C(OCc1cccc([N+](=O)[O-])c1)c1cccc(S(=O)(=O)N2CCc3ccccc3C2)c1. The molecular formula is C23H20N2O6S. The van der Waals surface area contributed by atoms with Gasteiger partial charge in [0.2, 0.25) is 10.0 Å². The van der Waals surface area contributed by atoms with Crippen LogP contribution in [0.25, 0.3) is 0 Å². The van der Waals surface area contributed by atoms with Crippen LogP contribution in [0, 0.1) is 10.1 Å². The van der Waals surface area contributed by atoms with Crippen molar-refractivity contribution in [3.8, 4) is 0 Å². The molecule has 0 unspecified atom stereocenters. The Morgan fingerprint density at radius 3 is 2.53 bits per heavy atom. The van der Waals surface area contributed by atoms with Crippen LogP contribution >= 0.6 is 0 Å². The van der Waals surface area contributed by atoms with Gasteiger partial charge in [-0.15, -0.1) is 0 Å². The number of hydrogen-bond donors (Lipinski definition) is 0. The lowest BCUT2D eigenvalue weighted by molar-refractivity contribution is -0.384. The third-order valence-electron chi connectivity index (χ3n) is 5.29. The summed E-state index contributed by atoms with van der Waals surface area (Å²) in [6.45, 7) is 0.473. The van der Waals surface area contributed by atoms with E-state index in [2.05, 4.69) is 0 Å². The van der Waals surface area contributed by atoms with Crippen molar-refractivity contribution in [1.82, 2.24) is 4.31 Å². The van der Waals surface area contributed by atoms with E-state index in [0.717, 1.165) is 11.1 Å². The molecule has 0 fully saturated rings. The predicted octanol–water partition coefficient (Wildman–Crippen LogP) is 3.70. The first-order valence-corrected chi connectivity index (χ1v) is 11.4. The molecule has 164 valence electrons. The van der Waals surface area contributed by atoms with Crippen LogP contribution in [0.1, 0.15) is 27.0 Å². The standard InChI is InChI=1S/C23H20N2O6S/c26-23(31-16-17-5-3-9-21(13-17)25(27)28)19-8-4-10-22(14-19)32(29,30)24-12-11-18-6-1-2-7-20(18)15-24/h1-10,13-14H,11-12,15-16H2. The quantitative estimate of drug-likeness (QED) is 0.321. The van der Waals surface area contributed by atoms with Crippen molar-refractivity contribution >= 4 is 21.7 Å². The Hall–Kier alpha value is -3.56. The van der Waals surface area contributed by atoms with Gasteiger partial charge in [0, 0.05) is 25.2 Å². The first-order valence-electron chi connectivity index (χ1n) is 9.92. The molecule has 8 nitrogen and oxygen atoms in total. The molecule has 1 aliphatic heterocycles. The van der Waals surface area contributed by atoms with Crippen LogP contribution in [0.15, 0.2) is 77.7 Å². The maximum atomic E-state index is 13.2. The van der Waals surface area contributed by atoms with Gasteiger partial charge in [-0.25, -0.2) is 13.2 Å². The van der Waals surface area contributed by atoms with Gasteiger partial charge in [0.25, 0.3) is 5.69 Å². The van der Waals surface area contributed by atoms with Gasteiger partial charge in [-0.3, -0.25) is 10.1 Å². The lowest BCUT2D eigenvalue weighted by atomic mass is 10.0. The molecule has 3 aromatic rings. The Morgan fingerprint density at radius 1 is 1.00 bits per heavy atom. The van der Waals surface area contributed by atoms with Crippen LogP contribution in [-0.4, -0.2) is 30.2 Å². The van der Waals surface area contributed by atoms with Gasteiger partial charge in [-0.2, -0.15) is 4.31 Å². The van der Waals surface area contributed by atoms with E-state index in [-0.39, 0.29) is 29.3 Å². The Morgan fingerprint density at radius 2 is 1.75 bits per heavy atom. The molecule has 1 heterocycles. The Balaban J connectivity index is 1.49. The number of rotatable bonds is 6. The number of benzene rings is 3. The summed E-state index contributed by atoms with van der Waals surface area (Å²) >= 11 is 0. The summed E-state index contributed by atoms with van der Waals surface area (Å²) in [5, 5.41) is 10.9. The smallest absolute Gasteiger partial charge is 0.338 e. The van der Waals surface area contributed by atoms with Crippen molar-refractivity contribution in [1.29, 1.82) is 0 Å². The molecule has 32 heavy (non-hydrogen) atoms. The highest BCUT2D eigenvalue weighted by molar-refractivity contribution is 7.89. The van der Waals surface area contributed by atoms with E-state index < -0.39 is 20.9 Å². The van der Waals surface area contributed by atoms with Crippen LogP contribution in [-0.2, 0) is 34.3 Å². The fraction of sp³-hybridized carbons (Fsp3) is 0.174. The Labute approximate surface area is 185 Å². The number of hydrogen-bond acceptors (Lipinski definition) is 6. The van der Waals surface area contributed by atoms with E-state index >= 15 is 0 Å². The number of non-ortho nitro benzene ring substituents is 1. The second-order valence-corrected chi connectivity index (χ2v) is 9.33. The van der Waals surface area contributed by atoms with E-state index in [0.29, 0.717) is 18.5 Å². The second kappa shape index (κ2) is 8.89. The zero-order chi connectivity index (χ0) is 22.7. The highest BCUT2D eigenvalue weighted by atomic mass is 32.2. The van der Waals surface area contributed by atoms with Gasteiger partial charge in [0.1, 0.15) is 6.61 Å². The number of fused-ring (bicyclic) bond motifs is 1. The molecule has 0 atom stereocenters. The van der Waals surface area contributed by atoms with Crippen molar-refractivity contribution < 1.29 is 22.9 Å². The minimum atomic E-state index is -3.79. The minimum absolute atomic E-state index is 0.0154. The van der Waals surface area contributed by atoms with E-state index in [4.69, 9.17) is 4.74 Å². The van der Waals surface area contributed by atoms with Crippen LogP contribution in [0.3, 0.4) is 0 Å². The van der Waals surface area contributed by atoms with Crippen molar-refractivity contribution in [3.63, 3.8) is 0 Å². The monoisotopic (exact) mass is 452 g/mol. The highest BCUT2D eigenvalue weighted by Gasteiger charge is 2.28. The molecular weight excluding hydrogens is 432 g/mol. The van der Waals surface area contributed by atoms with E-state index in [1.165, 1.54) is 46.8 Å². The lowest BCUT2D eigenvalue weighted by Crippen LogP contribution is -2.36. The number of ether oxygens (including phenoxy) is 1. The summed E-state index contributed by atoms with van der Waals surface area (Å²) in [6.07, 6.45) is 0.625. The molecule has 1 aliphatic rings. The molecule has 0 N–H and O–H groups in total. The maximum Gasteiger partial charge on any atom is 0.338 e. The van der Waals surface area contributed by atoms with Gasteiger partial charge >= 0.3 is 5.97 Å². The summed E-state index contributed by atoms with van der Waals surface area (Å²) in [4.78, 5) is 22.9. The largest absolute Gasteiger partial charge is 0.457 e. The molecule has 9 heteroatoms. The zero-order valence-electron chi connectivity index (χ0n) is 17.0. The Kier molecular flexibility index (Phi) is 6.02. The van der Waals surface area contributed by atoms with Crippen LogP contribution in [0.2, 0.25) is 0 Å². The second-order valence-electron chi connectivity index (χ2n) is 7.39. The predicted molar refractivity (Wildman–Crippen MR) is 116 cm³/mol. The Bertz CT molecular complexity index is 1290. The van der Waals surface area contributed by atoms with E-state index in [9.17, 15) is 23.3 Å². The number of nitro groups is 1. The third kappa shape index (κ3) is 4.53. The van der Waals surface area contributed by atoms with Gasteiger partial charge in [0.15, 0.2) is 0 Å². The number of esters is 1. The molecule has 3 aromatic carbocycles. The lowest BCUT2D eigenvalue weighted by Gasteiger charge is -2.28. The molecule has 0 saturated carbocycles. The molecule has 4 rings (SSSR count). The van der Waals surface area contributed by atoms with Crippen molar-refractivity contribution in [2.24, 2.45) is 0 Å². The van der Waals surface area contributed by atoms with Crippen molar-refractivity contribution in [2.45, 2.75) is 24.5 Å². The summed E-state index contributed by atoms with van der Waals surface area (Å²) in [5.74, 6) is -0.711.